The number of anilines is 1. The topological polar surface area (TPSA) is 67.2 Å². The van der Waals surface area contributed by atoms with E-state index < -0.39 is 0 Å². The fraction of sp³-hybridized carbons (Fsp3) is 0.400. The van der Waals surface area contributed by atoms with Crippen molar-refractivity contribution in [2.45, 2.75) is 20.3 Å². The van der Waals surface area contributed by atoms with Crippen LogP contribution in [0, 0.1) is 13.8 Å². The van der Waals surface area contributed by atoms with Crippen molar-refractivity contribution in [3.63, 3.8) is 0 Å². The van der Waals surface area contributed by atoms with E-state index in [0.717, 1.165) is 41.3 Å². The van der Waals surface area contributed by atoms with E-state index in [4.69, 9.17) is 0 Å². The molecule has 0 radical (unpaired) electrons. The maximum atomic E-state index is 12.7. The van der Waals surface area contributed by atoms with Gasteiger partial charge < -0.3 is 9.80 Å². The largest absolute Gasteiger partial charge is 0.352 e. The predicted octanol–water partition coefficient (Wildman–Crippen LogP) is 1.87. The molecular weight excluding hydrogens is 340 g/mol. The summed E-state index contributed by atoms with van der Waals surface area (Å²) in [6.07, 6.45) is 2.28. The lowest BCUT2D eigenvalue weighted by atomic mass is 10.1. The van der Waals surface area contributed by atoms with Crippen molar-refractivity contribution in [2.75, 3.05) is 31.1 Å². The fourth-order valence-corrected chi connectivity index (χ4v) is 3.61. The minimum Gasteiger partial charge on any atom is -0.352 e. The standard InChI is InChI=1S/C20H24N6O/c1-14-6-4-5-7-16(14)12-18(27)25-8-10-26(11-9-25)20-17-13-21-24(3)19(17)22-15(2)23-20/h4-7,13H,8-12H2,1-3H3. The smallest absolute Gasteiger partial charge is 0.227 e. The number of benzene rings is 1. The Morgan fingerprint density at radius 2 is 1.81 bits per heavy atom. The van der Waals surface area contributed by atoms with E-state index in [9.17, 15) is 4.79 Å². The van der Waals surface area contributed by atoms with E-state index >= 15 is 0 Å². The first-order chi connectivity index (χ1) is 13.0. The van der Waals surface area contributed by atoms with Crippen LogP contribution in [-0.2, 0) is 18.3 Å². The molecule has 1 saturated heterocycles. The van der Waals surface area contributed by atoms with E-state index in [1.54, 1.807) is 4.68 Å². The zero-order valence-corrected chi connectivity index (χ0v) is 16.0. The number of aromatic nitrogens is 4. The van der Waals surface area contributed by atoms with E-state index in [-0.39, 0.29) is 5.91 Å². The molecule has 7 heteroatoms. The Morgan fingerprint density at radius 1 is 1.07 bits per heavy atom. The van der Waals surface area contributed by atoms with Gasteiger partial charge in [-0.15, -0.1) is 0 Å². The van der Waals surface area contributed by atoms with Crippen LogP contribution in [0.3, 0.4) is 0 Å². The fourth-order valence-electron chi connectivity index (χ4n) is 3.61. The lowest BCUT2D eigenvalue weighted by Crippen LogP contribution is -2.49. The quantitative estimate of drug-likeness (QED) is 0.710. The summed E-state index contributed by atoms with van der Waals surface area (Å²) in [4.78, 5) is 26.0. The highest BCUT2D eigenvalue weighted by molar-refractivity contribution is 5.87. The molecule has 4 rings (SSSR count). The highest BCUT2D eigenvalue weighted by Gasteiger charge is 2.24. The molecule has 0 unspecified atom stereocenters. The zero-order chi connectivity index (χ0) is 19.0. The molecule has 3 heterocycles. The molecular formula is C20H24N6O. The van der Waals surface area contributed by atoms with Crippen LogP contribution in [0.2, 0.25) is 0 Å². The van der Waals surface area contributed by atoms with E-state index in [1.807, 2.05) is 43.3 Å². The highest BCUT2D eigenvalue weighted by atomic mass is 16.2. The van der Waals surface area contributed by atoms with Crippen molar-refractivity contribution in [1.29, 1.82) is 0 Å². The average Bonchev–Trinajstić information content (AvgIpc) is 3.04. The number of carbonyl (C=O) groups is 1. The van der Waals surface area contributed by atoms with Gasteiger partial charge in [-0.25, -0.2) is 9.97 Å². The van der Waals surface area contributed by atoms with Gasteiger partial charge in [-0.3, -0.25) is 9.48 Å². The second kappa shape index (κ2) is 6.98. The molecule has 1 aromatic carbocycles. The molecule has 0 saturated carbocycles. The number of hydrogen-bond donors (Lipinski definition) is 0. The van der Waals surface area contributed by atoms with Gasteiger partial charge >= 0.3 is 0 Å². The lowest BCUT2D eigenvalue weighted by Gasteiger charge is -2.35. The second-order valence-corrected chi connectivity index (χ2v) is 7.07. The summed E-state index contributed by atoms with van der Waals surface area (Å²) >= 11 is 0. The Hall–Kier alpha value is -2.96. The molecule has 0 atom stereocenters. The molecule has 0 bridgehead atoms. The number of carbonyl (C=O) groups excluding carboxylic acids is 1. The highest BCUT2D eigenvalue weighted by Crippen LogP contribution is 2.24. The maximum Gasteiger partial charge on any atom is 0.227 e. The first kappa shape index (κ1) is 17.5. The molecule has 3 aromatic rings. The summed E-state index contributed by atoms with van der Waals surface area (Å²) in [6, 6.07) is 8.08. The molecule has 2 aromatic heterocycles. The Labute approximate surface area is 158 Å². The van der Waals surface area contributed by atoms with E-state index in [1.165, 1.54) is 5.56 Å². The Kier molecular flexibility index (Phi) is 4.51. The number of fused-ring (bicyclic) bond motifs is 1. The molecule has 0 spiro atoms. The lowest BCUT2D eigenvalue weighted by molar-refractivity contribution is -0.130. The number of aryl methyl sites for hydroxylation is 3. The van der Waals surface area contributed by atoms with Crippen molar-refractivity contribution in [2.24, 2.45) is 7.05 Å². The first-order valence-electron chi connectivity index (χ1n) is 9.26. The van der Waals surface area contributed by atoms with Crippen LogP contribution >= 0.6 is 0 Å². The van der Waals surface area contributed by atoms with Gasteiger partial charge in [0, 0.05) is 33.2 Å². The average molecular weight is 364 g/mol. The zero-order valence-electron chi connectivity index (χ0n) is 16.0. The molecule has 1 aliphatic heterocycles. The van der Waals surface area contributed by atoms with E-state index in [0.29, 0.717) is 19.5 Å². The molecule has 1 aliphatic rings. The SMILES string of the molecule is Cc1nc(N2CCN(C(=O)Cc3ccccc3C)CC2)c2cnn(C)c2n1. The predicted molar refractivity (Wildman–Crippen MR) is 105 cm³/mol. The van der Waals surface area contributed by atoms with Crippen LogP contribution < -0.4 is 4.90 Å². The summed E-state index contributed by atoms with van der Waals surface area (Å²) in [5.41, 5.74) is 3.11. The van der Waals surface area contributed by atoms with Crippen LogP contribution in [0.15, 0.2) is 30.5 Å². The van der Waals surface area contributed by atoms with Gasteiger partial charge in [0.1, 0.15) is 11.6 Å². The molecule has 27 heavy (non-hydrogen) atoms. The number of rotatable bonds is 3. The third-order valence-electron chi connectivity index (χ3n) is 5.22. The third-order valence-corrected chi connectivity index (χ3v) is 5.22. The van der Waals surface area contributed by atoms with Crippen molar-refractivity contribution in [3.05, 3.63) is 47.4 Å². The molecule has 7 nitrogen and oxygen atoms in total. The normalized spacial score (nSPS) is 14.8. The monoisotopic (exact) mass is 364 g/mol. The summed E-state index contributed by atoms with van der Waals surface area (Å²) in [5, 5.41) is 5.27. The minimum atomic E-state index is 0.189. The van der Waals surface area contributed by atoms with Crippen LogP contribution in [0.5, 0.6) is 0 Å². The second-order valence-electron chi connectivity index (χ2n) is 7.07. The Balaban J connectivity index is 1.46. The summed E-state index contributed by atoms with van der Waals surface area (Å²) in [5.74, 6) is 1.84. The first-order valence-corrected chi connectivity index (χ1v) is 9.26. The van der Waals surface area contributed by atoms with Crippen LogP contribution in [0.4, 0.5) is 5.82 Å². The number of amides is 1. The number of hydrogen-bond acceptors (Lipinski definition) is 5. The van der Waals surface area contributed by atoms with Crippen LogP contribution in [-0.4, -0.2) is 56.7 Å². The van der Waals surface area contributed by atoms with Gasteiger partial charge in [-0.2, -0.15) is 5.10 Å². The minimum absolute atomic E-state index is 0.189. The maximum absolute atomic E-state index is 12.7. The molecule has 140 valence electrons. The Morgan fingerprint density at radius 3 is 2.56 bits per heavy atom. The van der Waals surface area contributed by atoms with Crippen molar-refractivity contribution >= 4 is 22.8 Å². The third kappa shape index (κ3) is 3.37. The van der Waals surface area contributed by atoms with Gasteiger partial charge in [0.25, 0.3) is 0 Å². The van der Waals surface area contributed by atoms with Crippen molar-refractivity contribution in [3.8, 4) is 0 Å². The van der Waals surface area contributed by atoms with Gasteiger partial charge in [0.15, 0.2) is 5.65 Å². The number of piperazine rings is 1. The van der Waals surface area contributed by atoms with Crippen LogP contribution in [0.25, 0.3) is 11.0 Å². The van der Waals surface area contributed by atoms with E-state index in [2.05, 4.69) is 33.0 Å². The Bertz CT molecular complexity index is 987. The van der Waals surface area contributed by atoms with Gasteiger partial charge in [-0.1, -0.05) is 24.3 Å². The summed E-state index contributed by atoms with van der Waals surface area (Å²) in [6.45, 7) is 6.89. The molecule has 0 N–H and O–H groups in total. The van der Waals surface area contributed by atoms with Crippen molar-refractivity contribution in [1.82, 2.24) is 24.6 Å². The van der Waals surface area contributed by atoms with Crippen LogP contribution in [0.1, 0.15) is 17.0 Å². The van der Waals surface area contributed by atoms with Gasteiger partial charge in [0.05, 0.1) is 18.0 Å². The number of nitrogens with zero attached hydrogens (tertiary/aromatic N) is 6. The van der Waals surface area contributed by atoms with Gasteiger partial charge in [0.2, 0.25) is 5.91 Å². The molecule has 0 aliphatic carbocycles. The van der Waals surface area contributed by atoms with Crippen molar-refractivity contribution < 1.29 is 4.79 Å². The van der Waals surface area contributed by atoms with Gasteiger partial charge in [-0.05, 0) is 25.0 Å². The summed E-state index contributed by atoms with van der Waals surface area (Å²) < 4.78 is 1.77. The molecule has 1 amide bonds. The summed E-state index contributed by atoms with van der Waals surface area (Å²) in [7, 11) is 1.89. The molecule has 1 fully saturated rings.